The first-order valence-corrected chi connectivity index (χ1v) is 40.1. The van der Waals surface area contributed by atoms with Crippen LogP contribution >= 0.6 is 0 Å². The maximum atomic E-state index is 13.4. The van der Waals surface area contributed by atoms with Crippen LogP contribution in [0.1, 0.15) is 380 Å². The molecule has 2 rings (SSSR count). The molecule has 1 amide bonds. The molecule has 0 aromatic heterocycles. The summed E-state index contributed by atoms with van der Waals surface area (Å²) in [5.74, 6) is -0.230. The fourth-order valence-corrected chi connectivity index (χ4v) is 13.5. The standard InChI is InChI=1S/C79H151NO13/c1-3-5-7-9-11-13-15-17-19-21-23-25-27-28-29-30-31-32-33-34-35-36-37-38-39-40-41-43-45-47-49-51-53-55-57-59-61-63-71(84)80-67(66-90-78-76(89)74(87)77(70(65-82)92-78)93-79-75(88)73(86)72(85)69(64-81)91-79)68(83)62-60-58-56-54-52-50-48-46-44-42-26-24-22-20-18-16-14-12-10-8-6-4-2/h21,23,60,62,67-70,72-79,81-83,85-89H,3-20,22,24-59,61,63-66H2,1-2H3,(H,80,84)/b23-21-,62-60+. The van der Waals surface area contributed by atoms with Gasteiger partial charge in [0.1, 0.15) is 48.8 Å². The van der Waals surface area contributed by atoms with Crippen LogP contribution in [0.2, 0.25) is 0 Å². The molecule has 93 heavy (non-hydrogen) atoms. The number of ether oxygens (including phenoxy) is 4. The van der Waals surface area contributed by atoms with Gasteiger partial charge in [0.05, 0.1) is 32.0 Å². The average Bonchev–Trinajstić information content (AvgIpc) is 0.852. The van der Waals surface area contributed by atoms with Crippen LogP contribution in [0.15, 0.2) is 24.3 Å². The molecule has 0 aliphatic carbocycles. The van der Waals surface area contributed by atoms with Crippen molar-refractivity contribution < 1.29 is 64.6 Å². The summed E-state index contributed by atoms with van der Waals surface area (Å²) in [5, 5.41) is 87.6. The lowest BCUT2D eigenvalue weighted by molar-refractivity contribution is -0.359. The number of nitrogens with one attached hydrogen (secondary N) is 1. The number of carbonyl (C=O) groups excluding carboxylic acids is 1. The zero-order valence-electron chi connectivity index (χ0n) is 60.3. The van der Waals surface area contributed by atoms with Crippen LogP contribution in [0, 0.1) is 0 Å². The van der Waals surface area contributed by atoms with Crippen LogP contribution in [-0.2, 0) is 23.7 Å². The molecule has 0 saturated carbocycles. The smallest absolute Gasteiger partial charge is 0.220 e. The van der Waals surface area contributed by atoms with Crippen molar-refractivity contribution in [3.63, 3.8) is 0 Å². The van der Waals surface area contributed by atoms with Gasteiger partial charge >= 0.3 is 0 Å². The van der Waals surface area contributed by atoms with Crippen LogP contribution in [0.4, 0.5) is 0 Å². The lowest BCUT2D eigenvalue weighted by atomic mass is 9.97. The van der Waals surface area contributed by atoms with E-state index in [0.717, 1.165) is 38.5 Å². The molecule has 12 atom stereocenters. The topological polar surface area (TPSA) is 228 Å². The first-order valence-electron chi connectivity index (χ1n) is 40.1. The molecule has 12 unspecified atom stereocenters. The minimum absolute atomic E-state index is 0.230. The maximum absolute atomic E-state index is 13.4. The van der Waals surface area contributed by atoms with Crippen LogP contribution in [0.25, 0.3) is 0 Å². The molecule has 14 heteroatoms. The normalized spacial score (nSPS) is 22.6. The molecular weight excluding hydrogens is 1170 g/mol. The van der Waals surface area contributed by atoms with Crippen molar-refractivity contribution in [2.24, 2.45) is 0 Å². The van der Waals surface area contributed by atoms with Crippen molar-refractivity contribution >= 4 is 5.91 Å². The first-order chi connectivity index (χ1) is 45.6. The average molecular weight is 1320 g/mol. The molecule has 2 aliphatic rings. The summed E-state index contributed by atoms with van der Waals surface area (Å²) < 4.78 is 22.9. The number of allylic oxidation sites excluding steroid dienone is 3. The Morgan fingerprint density at radius 2 is 0.677 bits per heavy atom. The lowest BCUT2D eigenvalue weighted by Crippen LogP contribution is -2.65. The highest BCUT2D eigenvalue weighted by molar-refractivity contribution is 5.76. The third-order valence-electron chi connectivity index (χ3n) is 19.9. The fourth-order valence-electron chi connectivity index (χ4n) is 13.5. The van der Waals surface area contributed by atoms with Crippen LogP contribution in [0.5, 0.6) is 0 Å². The fraction of sp³-hybridized carbons (Fsp3) is 0.937. The molecule has 0 spiro atoms. The Morgan fingerprint density at radius 3 is 1.02 bits per heavy atom. The van der Waals surface area contributed by atoms with Gasteiger partial charge in [0.2, 0.25) is 5.91 Å². The van der Waals surface area contributed by atoms with E-state index in [1.54, 1.807) is 6.08 Å². The number of hydrogen-bond acceptors (Lipinski definition) is 13. The van der Waals surface area contributed by atoms with E-state index in [2.05, 4.69) is 31.3 Å². The van der Waals surface area contributed by atoms with Gasteiger partial charge in [-0.2, -0.15) is 0 Å². The van der Waals surface area contributed by atoms with E-state index in [9.17, 15) is 45.6 Å². The van der Waals surface area contributed by atoms with E-state index in [1.807, 2.05) is 6.08 Å². The predicted molar refractivity (Wildman–Crippen MR) is 383 cm³/mol. The number of hydrogen-bond donors (Lipinski definition) is 9. The van der Waals surface area contributed by atoms with Crippen molar-refractivity contribution in [1.29, 1.82) is 0 Å². The zero-order valence-corrected chi connectivity index (χ0v) is 60.3. The Bertz CT molecular complexity index is 1650. The molecular formula is C79H151NO13. The molecule has 0 bridgehead atoms. The summed E-state index contributed by atoms with van der Waals surface area (Å²) in [6.45, 7) is 2.87. The molecule has 2 fully saturated rings. The Morgan fingerprint density at radius 1 is 0.376 bits per heavy atom. The SMILES string of the molecule is CCCCCCCCCC/C=C\CCCCCCCCCCCCCCCCCCCCCCCCCCCC(=O)NC(COC1OC(CO)C(OC2OC(CO)C(O)C(O)C2O)C(O)C1O)C(O)/C=C/CCCCCCCCCCCCCCCCCCCCCC. The Hall–Kier alpha value is -1.53. The molecule has 2 aliphatic heterocycles. The van der Waals surface area contributed by atoms with E-state index in [1.165, 1.54) is 315 Å². The van der Waals surface area contributed by atoms with Crippen molar-refractivity contribution in [2.75, 3.05) is 19.8 Å². The second-order valence-corrected chi connectivity index (χ2v) is 28.5. The quantitative estimate of drug-likeness (QED) is 0.0204. The molecule has 550 valence electrons. The number of aliphatic hydroxyl groups is 8. The lowest BCUT2D eigenvalue weighted by Gasteiger charge is -2.46. The summed E-state index contributed by atoms with van der Waals surface area (Å²) in [5.41, 5.74) is 0. The Balaban J connectivity index is 1.58. The minimum atomic E-state index is -1.79. The van der Waals surface area contributed by atoms with Crippen molar-refractivity contribution in [2.45, 2.75) is 453 Å². The van der Waals surface area contributed by atoms with E-state index in [0.29, 0.717) is 6.42 Å². The number of carbonyl (C=O) groups is 1. The van der Waals surface area contributed by atoms with E-state index < -0.39 is 86.8 Å². The highest BCUT2D eigenvalue weighted by Gasteiger charge is 2.51. The van der Waals surface area contributed by atoms with E-state index in [-0.39, 0.29) is 18.9 Å². The summed E-state index contributed by atoms with van der Waals surface area (Å²) in [4.78, 5) is 13.4. The van der Waals surface area contributed by atoms with Gasteiger partial charge in [0.15, 0.2) is 12.6 Å². The molecule has 2 saturated heterocycles. The van der Waals surface area contributed by atoms with Gasteiger partial charge in [-0.15, -0.1) is 0 Å². The summed E-state index contributed by atoms with van der Waals surface area (Å²) in [6, 6.07) is -0.913. The predicted octanol–water partition coefficient (Wildman–Crippen LogP) is 17.9. The van der Waals surface area contributed by atoms with E-state index >= 15 is 0 Å². The zero-order chi connectivity index (χ0) is 67.3. The number of unbranched alkanes of at least 4 members (excludes halogenated alkanes) is 53. The van der Waals surface area contributed by atoms with Gasteiger partial charge < -0.3 is 65.1 Å². The number of rotatable bonds is 68. The van der Waals surface area contributed by atoms with Crippen molar-refractivity contribution in [1.82, 2.24) is 5.32 Å². The molecule has 2 heterocycles. The Labute approximate surface area is 570 Å². The van der Waals surface area contributed by atoms with Gasteiger partial charge in [-0.3, -0.25) is 4.79 Å². The van der Waals surface area contributed by atoms with E-state index in [4.69, 9.17) is 18.9 Å². The number of amides is 1. The van der Waals surface area contributed by atoms with Gasteiger partial charge in [0, 0.05) is 6.42 Å². The van der Waals surface area contributed by atoms with Gasteiger partial charge in [-0.1, -0.05) is 353 Å². The molecule has 0 aromatic carbocycles. The molecule has 0 aromatic rings. The van der Waals surface area contributed by atoms with Crippen LogP contribution < -0.4 is 5.32 Å². The summed E-state index contributed by atoms with van der Waals surface area (Å²) >= 11 is 0. The van der Waals surface area contributed by atoms with Crippen molar-refractivity contribution in [3.8, 4) is 0 Å². The third kappa shape index (κ3) is 47.2. The van der Waals surface area contributed by atoms with Gasteiger partial charge in [0.25, 0.3) is 0 Å². The Kier molecular flexibility index (Phi) is 60.1. The van der Waals surface area contributed by atoms with Crippen molar-refractivity contribution in [3.05, 3.63) is 24.3 Å². The molecule has 9 N–H and O–H groups in total. The van der Waals surface area contributed by atoms with Crippen LogP contribution in [0.3, 0.4) is 0 Å². The molecule has 14 nitrogen and oxygen atoms in total. The maximum Gasteiger partial charge on any atom is 0.220 e. The minimum Gasteiger partial charge on any atom is -0.394 e. The van der Waals surface area contributed by atoms with Gasteiger partial charge in [-0.25, -0.2) is 0 Å². The van der Waals surface area contributed by atoms with Gasteiger partial charge in [-0.05, 0) is 44.9 Å². The second kappa shape index (κ2) is 63.9. The summed E-state index contributed by atoms with van der Waals surface area (Å²) in [6.07, 6.45) is 65.5. The third-order valence-corrected chi connectivity index (χ3v) is 19.9. The highest BCUT2D eigenvalue weighted by atomic mass is 16.7. The second-order valence-electron chi connectivity index (χ2n) is 28.5. The highest BCUT2D eigenvalue weighted by Crippen LogP contribution is 2.30. The first kappa shape index (κ1) is 87.6. The largest absolute Gasteiger partial charge is 0.394 e. The number of aliphatic hydroxyl groups excluding tert-OH is 8. The van der Waals surface area contributed by atoms with Crippen LogP contribution in [-0.4, -0.2) is 140 Å². The summed E-state index contributed by atoms with van der Waals surface area (Å²) in [7, 11) is 0. The monoisotopic (exact) mass is 1320 g/mol. The molecule has 0 radical (unpaired) electrons.